The van der Waals surface area contributed by atoms with Crippen molar-refractivity contribution >= 4 is 33.7 Å². The largest absolute Gasteiger partial charge is 0.450 e. The number of aryl methyl sites for hydroxylation is 1. The van der Waals surface area contributed by atoms with E-state index in [0.29, 0.717) is 24.4 Å². The summed E-state index contributed by atoms with van der Waals surface area (Å²) in [6.07, 6.45) is 0.175. The minimum Gasteiger partial charge on any atom is -0.450 e. The molecule has 0 bridgehead atoms. The first-order chi connectivity index (χ1) is 11.5. The first-order valence-electron chi connectivity index (χ1n) is 7.83. The van der Waals surface area contributed by atoms with E-state index in [1.54, 1.807) is 6.92 Å². The van der Waals surface area contributed by atoms with Gasteiger partial charge in [0.25, 0.3) is 0 Å². The Morgan fingerprint density at radius 2 is 2.12 bits per heavy atom. The smallest absolute Gasteiger partial charge is 0.412 e. The second-order valence-corrected chi connectivity index (χ2v) is 5.75. The van der Waals surface area contributed by atoms with Crippen LogP contribution in [0.25, 0.3) is 21.8 Å². The normalized spacial score (nSPS) is 11.0. The number of fused-ring (bicyclic) bond motifs is 3. The van der Waals surface area contributed by atoms with Crippen molar-refractivity contribution in [1.29, 1.82) is 0 Å². The summed E-state index contributed by atoms with van der Waals surface area (Å²) in [5.74, 6) is 0.408. The number of amides is 1. The molecule has 124 valence electrons. The molecule has 2 heterocycles. The highest BCUT2D eigenvalue weighted by atomic mass is 16.5. The maximum absolute atomic E-state index is 11.8. The summed E-state index contributed by atoms with van der Waals surface area (Å²) in [5, 5.41) is 9.26. The molecule has 6 heteroatoms. The van der Waals surface area contributed by atoms with Crippen molar-refractivity contribution in [2.75, 3.05) is 11.9 Å². The lowest BCUT2D eigenvalue weighted by Gasteiger charge is -2.08. The van der Waals surface area contributed by atoms with Gasteiger partial charge in [-0.1, -0.05) is 30.4 Å². The predicted molar refractivity (Wildman–Crippen MR) is 95.2 cm³/mol. The van der Waals surface area contributed by atoms with Crippen molar-refractivity contribution in [3.63, 3.8) is 0 Å². The highest BCUT2D eigenvalue weighted by molar-refractivity contribution is 6.11. The van der Waals surface area contributed by atoms with Crippen LogP contribution in [0.1, 0.15) is 19.5 Å². The fraction of sp³-hybridized carbons (Fsp3) is 0.278. The van der Waals surface area contributed by atoms with E-state index >= 15 is 0 Å². The first kappa shape index (κ1) is 16.0. The number of pyridine rings is 1. The minimum atomic E-state index is -0.534. The Morgan fingerprint density at radius 1 is 1.38 bits per heavy atom. The summed E-state index contributed by atoms with van der Waals surface area (Å²) in [6, 6.07) is 7.83. The van der Waals surface area contributed by atoms with Gasteiger partial charge in [0.1, 0.15) is 5.52 Å². The van der Waals surface area contributed by atoms with E-state index in [9.17, 15) is 4.79 Å². The number of allylic oxidation sites excluding steroid dienone is 1. The van der Waals surface area contributed by atoms with Gasteiger partial charge in [-0.3, -0.25) is 10.00 Å². The van der Waals surface area contributed by atoms with Crippen LogP contribution in [0, 0.1) is 0 Å². The zero-order chi connectivity index (χ0) is 17.3. The van der Waals surface area contributed by atoms with E-state index in [0.717, 1.165) is 27.6 Å². The maximum Gasteiger partial charge on any atom is 0.412 e. The van der Waals surface area contributed by atoms with Crippen molar-refractivity contribution in [1.82, 2.24) is 14.8 Å². The van der Waals surface area contributed by atoms with Gasteiger partial charge in [-0.25, -0.2) is 9.78 Å². The number of hydrogen-bond acceptors (Lipinski definition) is 4. The summed E-state index contributed by atoms with van der Waals surface area (Å²) in [7, 11) is 1.89. The van der Waals surface area contributed by atoms with Crippen molar-refractivity contribution in [3.8, 4) is 0 Å². The van der Waals surface area contributed by atoms with Crippen molar-refractivity contribution in [2.45, 2.75) is 20.3 Å². The topological polar surface area (TPSA) is 69.0 Å². The Balaban J connectivity index is 2.28. The van der Waals surface area contributed by atoms with E-state index in [2.05, 4.69) is 22.0 Å². The number of para-hydroxylation sites is 1. The second kappa shape index (κ2) is 6.31. The molecule has 3 aromatic rings. The van der Waals surface area contributed by atoms with Gasteiger partial charge < -0.3 is 4.74 Å². The standard InChI is InChI=1S/C18H20N4O2/c1-5-24-18(23)20-17-16-15(12-8-6-7-9-13(12)19-17)14(10-11(2)3)22(4)21-16/h6-9H,2,5,10H2,1,3-4H3,(H,19,20,23). The maximum atomic E-state index is 11.8. The van der Waals surface area contributed by atoms with E-state index < -0.39 is 6.09 Å². The molecule has 24 heavy (non-hydrogen) atoms. The third-order valence-electron chi connectivity index (χ3n) is 3.76. The molecule has 1 aromatic carbocycles. The number of anilines is 1. The Kier molecular flexibility index (Phi) is 4.20. The highest BCUT2D eigenvalue weighted by Gasteiger charge is 2.19. The molecule has 0 fully saturated rings. The zero-order valence-corrected chi connectivity index (χ0v) is 14.1. The van der Waals surface area contributed by atoms with Crippen LogP contribution in [0.2, 0.25) is 0 Å². The molecule has 0 saturated carbocycles. The van der Waals surface area contributed by atoms with Crippen LogP contribution in [-0.2, 0) is 18.2 Å². The molecule has 0 radical (unpaired) electrons. The fourth-order valence-electron chi connectivity index (χ4n) is 2.80. The van der Waals surface area contributed by atoms with Gasteiger partial charge in [-0.2, -0.15) is 5.10 Å². The molecule has 0 aliphatic heterocycles. The van der Waals surface area contributed by atoms with E-state index in [-0.39, 0.29) is 0 Å². The molecular formula is C18H20N4O2. The minimum absolute atomic E-state index is 0.297. The molecule has 1 amide bonds. The predicted octanol–water partition coefficient (Wildman–Crippen LogP) is 3.81. The van der Waals surface area contributed by atoms with E-state index in [1.165, 1.54) is 0 Å². The molecule has 0 saturated heterocycles. The van der Waals surface area contributed by atoms with Gasteiger partial charge in [0.2, 0.25) is 0 Å². The Bertz CT molecular complexity index is 943. The SMILES string of the molecule is C=C(C)Cc1c2c(nn1C)c(NC(=O)OCC)nc1ccccc12. The molecular weight excluding hydrogens is 304 g/mol. The Labute approximate surface area is 140 Å². The highest BCUT2D eigenvalue weighted by Crippen LogP contribution is 2.32. The van der Waals surface area contributed by atoms with Crippen molar-refractivity contribution in [2.24, 2.45) is 7.05 Å². The molecule has 0 atom stereocenters. The fourth-order valence-corrected chi connectivity index (χ4v) is 2.80. The number of nitrogens with one attached hydrogen (secondary N) is 1. The molecule has 0 unspecified atom stereocenters. The van der Waals surface area contributed by atoms with Gasteiger partial charge in [0.15, 0.2) is 5.82 Å². The van der Waals surface area contributed by atoms with Crippen LogP contribution >= 0.6 is 0 Å². The number of carbonyl (C=O) groups is 1. The molecule has 2 aromatic heterocycles. The number of ether oxygens (including phenoxy) is 1. The Hall–Kier alpha value is -2.89. The molecule has 0 aliphatic rings. The summed E-state index contributed by atoms with van der Waals surface area (Å²) in [4.78, 5) is 16.4. The van der Waals surface area contributed by atoms with Crippen molar-refractivity contribution < 1.29 is 9.53 Å². The van der Waals surface area contributed by atoms with Crippen LogP contribution in [-0.4, -0.2) is 27.5 Å². The lowest BCUT2D eigenvalue weighted by Crippen LogP contribution is -2.14. The van der Waals surface area contributed by atoms with Gasteiger partial charge >= 0.3 is 6.09 Å². The monoisotopic (exact) mass is 324 g/mol. The van der Waals surface area contributed by atoms with E-state index in [1.807, 2.05) is 42.9 Å². The number of hydrogen-bond donors (Lipinski definition) is 1. The summed E-state index contributed by atoms with van der Waals surface area (Å²) < 4.78 is 6.79. The molecule has 0 aliphatic carbocycles. The molecule has 6 nitrogen and oxygen atoms in total. The van der Waals surface area contributed by atoms with E-state index in [4.69, 9.17) is 4.74 Å². The van der Waals surface area contributed by atoms with Gasteiger partial charge in [0.05, 0.1) is 17.8 Å². The number of nitrogens with zero attached hydrogens (tertiary/aromatic N) is 3. The van der Waals surface area contributed by atoms with Crippen LogP contribution in [0.3, 0.4) is 0 Å². The summed E-state index contributed by atoms with van der Waals surface area (Å²) in [5.41, 5.74) is 3.54. The number of carbonyl (C=O) groups excluding carboxylic acids is 1. The summed E-state index contributed by atoms with van der Waals surface area (Å²) in [6.45, 7) is 8.05. The average molecular weight is 324 g/mol. The average Bonchev–Trinajstić information content (AvgIpc) is 2.84. The van der Waals surface area contributed by atoms with Gasteiger partial charge in [-0.05, 0) is 19.9 Å². The third-order valence-corrected chi connectivity index (χ3v) is 3.76. The number of rotatable bonds is 4. The van der Waals surface area contributed by atoms with Crippen LogP contribution < -0.4 is 5.32 Å². The lowest BCUT2D eigenvalue weighted by molar-refractivity contribution is 0.168. The molecule has 1 N–H and O–H groups in total. The third kappa shape index (κ3) is 2.82. The van der Waals surface area contributed by atoms with Gasteiger partial charge in [-0.15, -0.1) is 0 Å². The van der Waals surface area contributed by atoms with Gasteiger partial charge in [0, 0.05) is 24.2 Å². The second-order valence-electron chi connectivity index (χ2n) is 5.75. The molecule has 3 rings (SSSR count). The van der Waals surface area contributed by atoms with Crippen LogP contribution in [0.5, 0.6) is 0 Å². The van der Waals surface area contributed by atoms with Crippen LogP contribution in [0.4, 0.5) is 10.6 Å². The lowest BCUT2D eigenvalue weighted by atomic mass is 10.0. The zero-order valence-electron chi connectivity index (χ0n) is 14.1. The number of aromatic nitrogens is 3. The number of benzene rings is 1. The summed E-state index contributed by atoms with van der Waals surface area (Å²) >= 11 is 0. The van der Waals surface area contributed by atoms with Crippen LogP contribution in [0.15, 0.2) is 36.4 Å². The Morgan fingerprint density at radius 3 is 2.83 bits per heavy atom. The quantitative estimate of drug-likeness (QED) is 0.741. The molecule has 0 spiro atoms. The first-order valence-corrected chi connectivity index (χ1v) is 7.83. The van der Waals surface area contributed by atoms with Crippen molar-refractivity contribution in [3.05, 3.63) is 42.1 Å².